The van der Waals surface area contributed by atoms with Gasteiger partial charge in [0.15, 0.2) is 5.11 Å². The minimum absolute atomic E-state index is 0.0885. The normalized spacial score (nSPS) is 17.5. The van der Waals surface area contributed by atoms with Crippen LogP contribution in [0.25, 0.3) is 0 Å². The number of nitrogens with zero attached hydrogens (tertiary/aromatic N) is 2. The van der Waals surface area contributed by atoms with Gasteiger partial charge in [0.2, 0.25) is 0 Å². The minimum Gasteiger partial charge on any atom is -0.375 e. The maximum Gasteiger partial charge on any atom is 0.187 e. The molecule has 1 atom stereocenters. The van der Waals surface area contributed by atoms with Crippen LogP contribution >= 0.6 is 12.2 Å². The first-order chi connectivity index (χ1) is 10.5. The molecule has 1 aliphatic heterocycles. The quantitative estimate of drug-likeness (QED) is 0.862. The molecule has 0 aromatic heterocycles. The van der Waals surface area contributed by atoms with E-state index < -0.39 is 0 Å². The zero-order valence-corrected chi connectivity index (χ0v) is 13.0. The Morgan fingerprint density at radius 1 is 1.18 bits per heavy atom. The molecule has 2 aromatic carbocycles. The second kappa shape index (κ2) is 5.85. The van der Waals surface area contributed by atoms with Crippen molar-refractivity contribution in [3.05, 3.63) is 71.0 Å². The van der Waals surface area contributed by atoms with Crippen molar-refractivity contribution in [2.75, 3.05) is 0 Å². The van der Waals surface area contributed by atoms with Crippen molar-refractivity contribution in [2.24, 2.45) is 10.8 Å². The molecule has 3 rings (SSSR count). The number of hydrogen-bond donors (Lipinski definition) is 1. The van der Waals surface area contributed by atoms with Gasteiger partial charge in [-0.15, -0.1) is 0 Å². The highest BCUT2D eigenvalue weighted by molar-refractivity contribution is 7.80. The third-order valence-electron chi connectivity index (χ3n) is 3.78. The summed E-state index contributed by atoms with van der Waals surface area (Å²) >= 11 is 5.10. The van der Waals surface area contributed by atoms with Gasteiger partial charge in [0.1, 0.15) is 5.82 Å². The van der Waals surface area contributed by atoms with Gasteiger partial charge < -0.3 is 5.73 Å². The summed E-state index contributed by atoms with van der Waals surface area (Å²) in [5, 5.41) is 6.41. The summed E-state index contributed by atoms with van der Waals surface area (Å²) in [5.74, 6) is -0.261. The first-order valence-electron chi connectivity index (χ1n) is 7.03. The number of rotatable bonds is 2. The molecule has 1 aliphatic rings. The van der Waals surface area contributed by atoms with Gasteiger partial charge in [-0.05, 0) is 42.4 Å². The number of benzene rings is 2. The molecule has 0 bridgehead atoms. The maximum absolute atomic E-state index is 13.1. The largest absolute Gasteiger partial charge is 0.375 e. The molecule has 5 heteroatoms. The van der Waals surface area contributed by atoms with E-state index >= 15 is 0 Å². The lowest BCUT2D eigenvalue weighted by Gasteiger charge is -2.21. The zero-order chi connectivity index (χ0) is 15.7. The zero-order valence-electron chi connectivity index (χ0n) is 12.2. The van der Waals surface area contributed by atoms with Crippen LogP contribution in [0.3, 0.4) is 0 Å². The second-order valence-electron chi connectivity index (χ2n) is 5.37. The molecule has 0 amide bonds. The predicted octanol–water partition coefficient (Wildman–Crippen LogP) is 3.53. The second-order valence-corrected chi connectivity index (χ2v) is 5.79. The highest BCUT2D eigenvalue weighted by Gasteiger charge is 2.30. The average molecular weight is 313 g/mol. The van der Waals surface area contributed by atoms with E-state index in [-0.39, 0.29) is 17.0 Å². The summed E-state index contributed by atoms with van der Waals surface area (Å²) in [6.07, 6.45) is 0.687. The molecule has 112 valence electrons. The van der Waals surface area contributed by atoms with E-state index in [1.54, 1.807) is 17.1 Å². The highest BCUT2D eigenvalue weighted by Crippen LogP contribution is 2.32. The number of hydrazone groups is 1. The Morgan fingerprint density at radius 3 is 2.41 bits per heavy atom. The van der Waals surface area contributed by atoms with Crippen molar-refractivity contribution in [3.63, 3.8) is 0 Å². The molecule has 2 aromatic rings. The van der Waals surface area contributed by atoms with Gasteiger partial charge >= 0.3 is 0 Å². The van der Waals surface area contributed by atoms with Crippen molar-refractivity contribution < 1.29 is 4.39 Å². The minimum atomic E-state index is -0.261. The Kier molecular flexibility index (Phi) is 3.90. The van der Waals surface area contributed by atoms with Crippen molar-refractivity contribution in [1.29, 1.82) is 0 Å². The Morgan fingerprint density at radius 2 is 1.82 bits per heavy atom. The van der Waals surface area contributed by atoms with Crippen molar-refractivity contribution in [3.8, 4) is 0 Å². The fourth-order valence-corrected chi connectivity index (χ4v) is 2.75. The molecular formula is C17H16FN3S. The topological polar surface area (TPSA) is 41.6 Å². The van der Waals surface area contributed by atoms with Crippen LogP contribution in [0.1, 0.15) is 29.2 Å². The summed E-state index contributed by atoms with van der Waals surface area (Å²) in [5.41, 5.74) is 9.92. The Bertz CT molecular complexity index is 723. The van der Waals surface area contributed by atoms with Crippen LogP contribution in [0, 0.1) is 12.7 Å². The van der Waals surface area contributed by atoms with Gasteiger partial charge in [-0.1, -0.05) is 42.0 Å². The van der Waals surface area contributed by atoms with Gasteiger partial charge in [-0.2, -0.15) is 5.10 Å². The standard InChI is InChI=1S/C17H16FN3S/c1-11-2-4-12(5-3-11)15-10-16(21(20-15)17(19)22)13-6-8-14(18)9-7-13/h2-9,16H,10H2,1H3,(H2,19,22)/t16-/m0/s1. The fraction of sp³-hybridized carbons (Fsp3) is 0.176. The van der Waals surface area contributed by atoms with Gasteiger partial charge in [0.25, 0.3) is 0 Å². The molecule has 22 heavy (non-hydrogen) atoms. The maximum atomic E-state index is 13.1. The summed E-state index contributed by atoms with van der Waals surface area (Å²) in [4.78, 5) is 0. The third kappa shape index (κ3) is 2.85. The lowest BCUT2D eigenvalue weighted by atomic mass is 9.98. The lowest BCUT2D eigenvalue weighted by molar-refractivity contribution is 0.372. The van der Waals surface area contributed by atoms with E-state index in [1.807, 2.05) is 31.2 Å². The third-order valence-corrected chi connectivity index (χ3v) is 3.96. The average Bonchev–Trinajstić information content (AvgIpc) is 2.94. The summed E-state index contributed by atoms with van der Waals surface area (Å²) in [7, 11) is 0. The van der Waals surface area contributed by atoms with Crippen LogP contribution in [0.2, 0.25) is 0 Å². The van der Waals surface area contributed by atoms with Gasteiger partial charge in [-0.25, -0.2) is 9.40 Å². The molecule has 0 saturated carbocycles. The van der Waals surface area contributed by atoms with Gasteiger partial charge in [0, 0.05) is 6.42 Å². The van der Waals surface area contributed by atoms with Crippen molar-refractivity contribution in [2.45, 2.75) is 19.4 Å². The molecule has 0 unspecified atom stereocenters. The van der Waals surface area contributed by atoms with Crippen molar-refractivity contribution in [1.82, 2.24) is 5.01 Å². The molecule has 0 aliphatic carbocycles. The lowest BCUT2D eigenvalue weighted by Crippen LogP contribution is -2.31. The predicted molar refractivity (Wildman–Crippen MR) is 90.1 cm³/mol. The molecule has 2 N–H and O–H groups in total. The molecule has 0 saturated heterocycles. The van der Waals surface area contributed by atoms with Crippen LogP contribution < -0.4 is 5.73 Å². The van der Waals surface area contributed by atoms with Crippen LogP contribution in [-0.2, 0) is 0 Å². The van der Waals surface area contributed by atoms with Crippen molar-refractivity contribution >= 4 is 23.0 Å². The molecule has 0 radical (unpaired) electrons. The molecule has 1 heterocycles. The van der Waals surface area contributed by atoms with Crippen LogP contribution in [0.15, 0.2) is 53.6 Å². The number of aryl methyl sites for hydroxylation is 1. The van der Waals surface area contributed by atoms with E-state index in [4.69, 9.17) is 18.0 Å². The van der Waals surface area contributed by atoms with Gasteiger partial charge in [0.05, 0.1) is 11.8 Å². The number of nitrogens with two attached hydrogens (primary N) is 1. The number of hydrogen-bond acceptors (Lipinski definition) is 2. The van der Waals surface area contributed by atoms with Crippen LogP contribution in [0.4, 0.5) is 4.39 Å². The van der Waals surface area contributed by atoms with Crippen LogP contribution in [0.5, 0.6) is 0 Å². The number of thiocarbonyl (C=S) groups is 1. The smallest absolute Gasteiger partial charge is 0.187 e. The first-order valence-corrected chi connectivity index (χ1v) is 7.44. The Hall–Kier alpha value is -2.27. The molecule has 0 spiro atoms. The van der Waals surface area contributed by atoms with E-state index in [2.05, 4.69) is 5.10 Å². The number of halogens is 1. The molecule has 0 fully saturated rings. The van der Waals surface area contributed by atoms with Gasteiger partial charge in [-0.3, -0.25) is 0 Å². The molecular weight excluding hydrogens is 297 g/mol. The SMILES string of the molecule is Cc1ccc(C2=NN(C(N)=S)[C@H](c3ccc(F)cc3)C2)cc1. The van der Waals surface area contributed by atoms with E-state index in [0.29, 0.717) is 6.42 Å². The monoisotopic (exact) mass is 313 g/mol. The highest BCUT2D eigenvalue weighted by atomic mass is 32.1. The van der Waals surface area contributed by atoms with E-state index in [1.165, 1.54) is 17.7 Å². The molecule has 3 nitrogen and oxygen atoms in total. The summed E-state index contributed by atoms with van der Waals surface area (Å²) in [6, 6.07) is 14.5. The summed E-state index contributed by atoms with van der Waals surface area (Å²) < 4.78 is 13.1. The Labute approximate surface area is 134 Å². The van der Waals surface area contributed by atoms with E-state index in [0.717, 1.165) is 16.8 Å². The van der Waals surface area contributed by atoms with Crippen LogP contribution in [-0.4, -0.2) is 15.8 Å². The Balaban J connectivity index is 1.92. The van der Waals surface area contributed by atoms with E-state index in [9.17, 15) is 4.39 Å². The first kappa shape index (κ1) is 14.7. The summed E-state index contributed by atoms with van der Waals surface area (Å²) in [6.45, 7) is 2.04. The fourth-order valence-electron chi connectivity index (χ4n) is 2.58.